The third-order valence-corrected chi connectivity index (χ3v) is 2.41. The highest BCUT2D eigenvalue weighted by atomic mass is 16.3. The van der Waals surface area contributed by atoms with Gasteiger partial charge in [0.15, 0.2) is 0 Å². The van der Waals surface area contributed by atoms with E-state index in [2.05, 4.69) is 0 Å². The fourth-order valence-electron chi connectivity index (χ4n) is 1.52. The van der Waals surface area contributed by atoms with E-state index in [0.29, 0.717) is 19.3 Å². The fraction of sp³-hybridized carbons (Fsp3) is 0.500. The molecular formula is C12H18O2. The van der Waals surface area contributed by atoms with E-state index in [1.54, 1.807) is 0 Å². The van der Waals surface area contributed by atoms with Crippen molar-refractivity contribution in [3.63, 3.8) is 0 Å². The number of benzene rings is 1. The number of rotatable bonds is 5. The Morgan fingerprint density at radius 3 is 2.64 bits per heavy atom. The topological polar surface area (TPSA) is 40.5 Å². The first-order valence-electron chi connectivity index (χ1n) is 5.07. The molecule has 1 unspecified atom stereocenters. The summed E-state index contributed by atoms with van der Waals surface area (Å²) in [6.45, 7) is 2.21. The summed E-state index contributed by atoms with van der Waals surface area (Å²) >= 11 is 0. The predicted octanol–water partition coefficient (Wildman–Crippen LogP) is 1.67. The lowest BCUT2D eigenvalue weighted by molar-refractivity contribution is 0.150. The maximum absolute atomic E-state index is 9.65. The van der Waals surface area contributed by atoms with E-state index in [1.165, 1.54) is 11.1 Å². The van der Waals surface area contributed by atoms with E-state index >= 15 is 0 Å². The van der Waals surface area contributed by atoms with Gasteiger partial charge in [0.25, 0.3) is 0 Å². The summed E-state index contributed by atoms with van der Waals surface area (Å²) in [6, 6.07) is 8.08. The van der Waals surface area contributed by atoms with Crippen LogP contribution >= 0.6 is 0 Å². The van der Waals surface area contributed by atoms with Gasteiger partial charge in [-0.2, -0.15) is 0 Å². The summed E-state index contributed by atoms with van der Waals surface area (Å²) in [5, 5.41) is 18.3. The molecular weight excluding hydrogens is 176 g/mol. The number of aliphatic hydroxyl groups is 2. The molecule has 2 heteroatoms. The van der Waals surface area contributed by atoms with Crippen molar-refractivity contribution in [1.82, 2.24) is 0 Å². The lowest BCUT2D eigenvalue weighted by atomic mass is 10.0. The summed E-state index contributed by atoms with van der Waals surface area (Å²) in [5.41, 5.74) is 2.41. The van der Waals surface area contributed by atoms with Gasteiger partial charge in [0.05, 0.1) is 6.10 Å². The average Bonchev–Trinajstić information content (AvgIpc) is 2.18. The van der Waals surface area contributed by atoms with Crippen molar-refractivity contribution in [2.24, 2.45) is 0 Å². The van der Waals surface area contributed by atoms with Crippen LogP contribution in [0.1, 0.15) is 24.0 Å². The zero-order chi connectivity index (χ0) is 10.4. The molecule has 2 nitrogen and oxygen atoms in total. The Bertz CT molecular complexity index is 271. The van der Waals surface area contributed by atoms with Crippen molar-refractivity contribution in [2.75, 3.05) is 6.61 Å². The maximum atomic E-state index is 9.65. The van der Waals surface area contributed by atoms with Crippen LogP contribution in [0.2, 0.25) is 0 Å². The number of hydrogen-bond acceptors (Lipinski definition) is 2. The number of hydrogen-bond donors (Lipinski definition) is 2. The highest BCUT2D eigenvalue weighted by molar-refractivity contribution is 5.26. The van der Waals surface area contributed by atoms with Gasteiger partial charge >= 0.3 is 0 Å². The third-order valence-electron chi connectivity index (χ3n) is 2.41. The SMILES string of the molecule is Cc1ccccc1CC(O)CCCO. The minimum Gasteiger partial charge on any atom is -0.396 e. The molecule has 0 bridgehead atoms. The molecule has 0 heterocycles. The number of aliphatic hydroxyl groups excluding tert-OH is 2. The normalized spacial score (nSPS) is 12.8. The molecule has 1 aromatic rings. The largest absolute Gasteiger partial charge is 0.396 e. The van der Waals surface area contributed by atoms with Crippen LogP contribution < -0.4 is 0 Å². The highest BCUT2D eigenvalue weighted by Crippen LogP contribution is 2.11. The van der Waals surface area contributed by atoms with Crippen LogP contribution in [0, 0.1) is 6.92 Å². The Morgan fingerprint density at radius 1 is 1.29 bits per heavy atom. The summed E-state index contributed by atoms with van der Waals surface area (Å²) in [7, 11) is 0. The van der Waals surface area contributed by atoms with Crippen LogP contribution in [0.25, 0.3) is 0 Å². The Morgan fingerprint density at radius 2 is 2.00 bits per heavy atom. The molecule has 1 atom stereocenters. The second kappa shape index (κ2) is 5.78. The monoisotopic (exact) mass is 194 g/mol. The standard InChI is InChI=1S/C12H18O2/c1-10-5-2-3-6-11(10)9-12(14)7-4-8-13/h2-3,5-6,12-14H,4,7-9H2,1H3. The van der Waals surface area contributed by atoms with Crippen molar-refractivity contribution in [3.8, 4) is 0 Å². The minimum absolute atomic E-state index is 0.158. The van der Waals surface area contributed by atoms with E-state index in [4.69, 9.17) is 5.11 Å². The van der Waals surface area contributed by atoms with Crippen LogP contribution in [0.3, 0.4) is 0 Å². The van der Waals surface area contributed by atoms with Gasteiger partial charge in [-0.25, -0.2) is 0 Å². The van der Waals surface area contributed by atoms with Crippen molar-refractivity contribution >= 4 is 0 Å². The van der Waals surface area contributed by atoms with Crippen LogP contribution in [0.15, 0.2) is 24.3 Å². The Balaban J connectivity index is 2.47. The van der Waals surface area contributed by atoms with Crippen LogP contribution in [0.4, 0.5) is 0 Å². The van der Waals surface area contributed by atoms with Gasteiger partial charge in [0.1, 0.15) is 0 Å². The lowest BCUT2D eigenvalue weighted by Gasteiger charge is -2.11. The molecule has 78 valence electrons. The molecule has 0 aliphatic rings. The van der Waals surface area contributed by atoms with Crippen LogP contribution in [0.5, 0.6) is 0 Å². The Kier molecular flexibility index (Phi) is 4.63. The molecule has 1 aromatic carbocycles. The second-order valence-electron chi connectivity index (χ2n) is 3.65. The first kappa shape index (κ1) is 11.2. The molecule has 0 radical (unpaired) electrons. The summed E-state index contributed by atoms with van der Waals surface area (Å²) in [6.07, 6.45) is 1.70. The molecule has 14 heavy (non-hydrogen) atoms. The van der Waals surface area contributed by atoms with Gasteiger partial charge in [-0.05, 0) is 37.3 Å². The van der Waals surface area contributed by atoms with Gasteiger partial charge in [-0.1, -0.05) is 24.3 Å². The quantitative estimate of drug-likeness (QED) is 0.748. The number of aryl methyl sites for hydroxylation is 1. The molecule has 0 aromatic heterocycles. The minimum atomic E-state index is -0.330. The molecule has 0 aliphatic heterocycles. The molecule has 0 aliphatic carbocycles. The van der Waals surface area contributed by atoms with Gasteiger partial charge in [-0.15, -0.1) is 0 Å². The molecule has 0 saturated heterocycles. The summed E-state index contributed by atoms with van der Waals surface area (Å²) < 4.78 is 0. The van der Waals surface area contributed by atoms with Gasteiger partial charge < -0.3 is 10.2 Å². The molecule has 0 spiro atoms. The summed E-state index contributed by atoms with van der Waals surface area (Å²) in [4.78, 5) is 0. The first-order valence-corrected chi connectivity index (χ1v) is 5.07. The zero-order valence-corrected chi connectivity index (χ0v) is 8.61. The van der Waals surface area contributed by atoms with Crippen LogP contribution in [-0.2, 0) is 6.42 Å². The maximum Gasteiger partial charge on any atom is 0.0581 e. The second-order valence-corrected chi connectivity index (χ2v) is 3.65. The summed E-state index contributed by atoms with van der Waals surface area (Å²) in [5.74, 6) is 0. The first-order chi connectivity index (χ1) is 6.74. The van der Waals surface area contributed by atoms with Crippen LogP contribution in [-0.4, -0.2) is 22.9 Å². The van der Waals surface area contributed by atoms with E-state index in [1.807, 2.05) is 31.2 Å². The average molecular weight is 194 g/mol. The van der Waals surface area contributed by atoms with Gasteiger partial charge in [0.2, 0.25) is 0 Å². The third kappa shape index (κ3) is 3.48. The van der Waals surface area contributed by atoms with E-state index in [9.17, 15) is 5.11 Å². The van der Waals surface area contributed by atoms with Gasteiger partial charge in [-0.3, -0.25) is 0 Å². The fourth-order valence-corrected chi connectivity index (χ4v) is 1.52. The predicted molar refractivity (Wildman–Crippen MR) is 57.2 cm³/mol. The smallest absolute Gasteiger partial charge is 0.0581 e. The van der Waals surface area contributed by atoms with Crippen molar-refractivity contribution in [1.29, 1.82) is 0 Å². The van der Waals surface area contributed by atoms with Crippen molar-refractivity contribution in [2.45, 2.75) is 32.3 Å². The van der Waals surface area contributed by atoms with Crippen molar-refractivity contribution in [3.05, 3.63) is 35.4 Å². The molecule has 2 N–H and O–H groups in total. The Hall–Kier alpha value is -0.860. The Labute approximate surface area is 85.2 Å². The van der Waals surface area contributed by atoms with Crippen molar-refractivity contribution < 1.29 is 10.2 Å². The van der Waals surface area contributed by atoms with E-state index in [0.717, 1.165) is 0 Å². The lowest BCUT2D eigenvalue weighted by Crippen LogP contribution is -2.11. The molecule has 0 fully saturated rings. The zero-order valence-electron chi connectivity index (χ0n) is 8.61. The molecule has 0 amide bonds. The van der Waals surface area contributed by atoms with E-state index in [-0.39, 0.29) is 12.7 Å². The molecule has 1 rings (SSSR count). The molecule has 0 saturated carbocycles. The highest BCUT2D eigenvalue weighted by Gasteiger charge is 2.06. The van der Waals surface area contributed by atoms with E-state index < -0.39 is 0 Å². The van der Waals surface area contributed by atoms with Gasteiger partial charge in [0, 0.05) is 6.61 Å².